The number of amides is 1. The number of fused-ring (bicyclic) bond motifs is 1. The molecule has 1 saturated carbocycles. The van der Waals surface area contributed by atoms with Gasteiger partial charge >= 0.3 is 0 Å². The number of hydrogen-bond acceptors (Lipinski definition) is 2. The van der Waals surface area contributed by atoms with E-state index in [9.17, 15) is 4.79 Å². The van der Waals surface area contributed by atoms with Crippen LogP contribution in [0.3, 0.4) is 0 Å². The van der Waals surface area contributed by atoms with Crippen LogP contribution in [0.15, 0.2) is 36.5 Å². The summed E-state index contributed by atoms with van der Waals surface area (Å²) in [6, 6.07) is 9.92. The van der Waals surface area contributed by atoms with Crippen LogP contribution >= 0.6 is 11.6 Å². The summed E-state index contributed by atoms with van der Waals surface area (Å²) in [5.41, 5.74) is 1.59. The van der Waals surface area contributed by atoms with E-state index in [1.165, 1.54) is 19.3 Å². The molecule has 110 valence electrons. The van der Waals surface area contributed by atoms with Crippen molar-refractivity contribution in [1.29, 1.82) is 0 Å². The largest absolute Gasteiger partial charge is 0.352 e. The lowest BCUT2D eigenvalue weighted by Crippen LogP contribution is -2.38. The van der Waals surface area contributed by atoms with Gasteiger partial charge in [0.2, 0.25) is 5.91 Å². The number of para-hydroxylation sites is 1. The molecule has 1 fully saturated rings. The molecule has 0 bridgehead atoms. The molecular weight excluding hydrogens is 284 g/mol. The number of aromatic nitrogens is 1. The molecule has 1 aliphatic carbocycles. The molecule has 1 heterocycles. The van der Waals surface area contributed by atoms with Crippen molar-refractivity contribution in [3.05, 3.63) is 42.1 Å². The van der Waals surface area contributed by atoms with Gasteiger partial charge in [-0.1, -0.05) is 43.5 Å². The molecule has 0 aliphatic heterocycles. The number of nitrogens with zero attached hydrogens (tertiary/aromatic N) is 1. The molecule has 0 spiro atoms. The zero-order valence-corrected chi connectivity index (χ0v) is 12.6. The maximum absolute atomic E-state index is 12.4. The van der Waals surface area contributed by atoms with Gasteiger partial charge < -0.3 is 5.32 Å². The summed E-state index contributed by atoms with van der Waals surface area (Å²) in [4.78, 5) is 16.8. The standard InChI is InChI=1S/C17H19ClN2O/c18-15(17(21)20-13-8-2-1-3-9-13)14-10-4-6-12-7-5-11-19-16(12)14/h4-7,10-11,13,15H,1-3,8-9H2,(H,20,21). The molecule has 1 aromatic heterocycles. The summed E-state index contributed by atoms with van der Waals surface area (Å²) in [7, 11) is 0. The molecule has 1 N–H and O–H groups in total. The number of halogens is 1. The van der Waals surface area contributed by atoms with Gasteiger partial charge in [0.25, 0.3) is 0 Å². The van der Waals surface area contributed by atoms with Crippen molar-refractivity contribution < 1.29 is 4.79 Å². The quantitative estimate of drug-likeness (QED) is 0.872. The molecule has 1 amide bonds. The number of nitrogens with one attached hydrogen (secondary N) is 1. The monoisotopic (exact) mass is 302 g/mol. The Morgan fingerprint density at radius 3 is 2.76 bits per heavy atom. The topological polar surface area (TPSA) is 42.0 Å². The van der Waals surface area contributed by atoms with Crippen LogP contribution in [0.2, 0.25) is 0 Å². The van der Waals surface area contributed by atoms with Gasteiger partial charge in [0.05, 0.1) is 5.52 Å². The third-order valence-electron chi connectivity index (χ3n) is 4.12. The first-order valence-electron chi connectivity index (χ1n) is 7.54. The minimum Gasteiger partial charge on any atom is -0.352 e. The van der Waals surface area contributed by atoms with Crippen LogP contribution < -0.4 is 5.32 Å². The van der Waals surface area contributed by atoms with Gasteiger partial charge in [0, 0.05) is 23.2 Å². The van der Waals surface area contributed by atoms with Crippen LogP contribution in [0, 0.1) is 0 Å². The summed E-state index contributed by atoms with van der Waals surface area (Å²) in [6.45, 7) is 0. The highest BCUT2D eigenvalue weighted by atomic mass is 35.5. The van der Waals surface area contributed by atoms with Crippen molar-refractivity contribution >= 4 is 28.4 Å². The fourth-order valence-electron chi connectivity index (χ4n) is 2.99. The first-order chi connectivity index (χ1) is 10.3. The van der Waals surface area contributed by atoms with Crippen molar-refractivity contribution in [2.24, 2.45) is 0 Å². The van der Waals surface area contributed by atoms with Gasteiger partial charge in [-0.25, -0.2) is 0 Å². The smallest absolute Gasteiger partial charge is 0.242 e. The zero-order chi connectivity index (χ0) is 14.7. The van der Waals surface area contributed by atoms with Gasteiger partial charge in [-0.05, 0) is 18.9 Å². The van der Waals surface area contributed by atoms with Crippen LogP contribution in [0.25, 0.3) is 10.9 Å². The molecule has 1 atom stereocenters. The number of hydrogen-bond donors (Lipinski definition) is 1. The second-order valence-electron chi connectivity index (χ2n) is 5.63. The average Bonchev–Trinajstić information content (AvgIpc) is 2.54. The number of alkyl halides is 1. The SMILES string of the molecule is O=C(NC1CCCCC1)C(Cl)c1cccc2cccnc12. The lowest BCUT2D eigenvalue weighted by atomic mass is 9.95. The van der Waals surface area contributed by atoms with Crippen LogP contribution in [0.5, 0.6) is 0 Å². The predicted molar refractivity (Wildman–Crippen MR) is 85.4 cm³/mol. The molecule has 21 heavy (non-hydrogen) atoms. The van der Waals surface area contributed by atoms with Crippen molar-refractivity contribution in [3.8, 4) is 0 Å². The van der Waals surface area contributed by atoms with Crippen LogP contribution in [-0.4, -0.2) is 16.9 Å². The Hall–Kier alpha value is -1.61. The Kier molecular flexibility index (Phi) is 4.39. The fraction of sp³-hybridized carbons (Fsp3) is 0.412. The summed E-state index contributed by atoms with van der Waals surface area (Å²) in [5.74, 6) is -0.110. The molecular formula is C17H19ClN2O. The lowest BCUT2D eigenvalue weighted by Gasteiger charge is -2.24. The maximum atomic E-state index is 12.4. The highest BCUT2D eigenvalue weighted by Gasteiger charge is 2.23. The molecule has 2 aromatic rings. The Labute approximate surface area is 129 Å². The van der Waals surface area contributed by atoms with E-state index in [1.54, 1.807) is 6.20 Å². The van der Waals surface area contributed by atoms with Crippen LogP contribution in [-0.2, 0) is 4.79 Å². The summed E-state index contributed by atoms with van der Waals surface area (Å²) in [5, 5.41) is 3.40. The maximum Gasteiger partial charge on any atom is 0.242 e. The van der Waals surface area contributed by atoms with Gasteiger partial charge in [-0.2, -0.15) is 0 Å². The molecule has 1 unspecified atom stereocenters. The summed E-state index contributed by atoms with van der Waals surface area (Å²) < 4.78 is 0. The average molecular weight is 303 g/mol. The van der Waals surface area contributed by atoms with Crippen molar-refractivity contribution in [1.82, 2.24) is 10.3 Å². The predicted octanol–water partition coefficient (Wildman–Crippen LogP) is 3.96. The van der Waals surface area contributed by atoms with E-state index < -0.39 is 5.38 Å². The number of carbonyl (C=O) groups is 1. The zero-order valence-electron chi connectivity index (χ0n) is 11.9. The highest BCUT2D eigenvalue weighted by molar-refractivity contribution is 6.31. The minimum absolute atomic E-state index is 0.110. The number of benzene rings is 1. The van der Waals surface area contributed by atoms with Crippen LogP contribution in [0.4, 0.5) is 0 Å². The Morgan fingerprint density at radius 1 is 1.19 bits per heavy atom. The summed E-state index contributed by atoms with van der Waals surface area (Å²) in [6.07, 6.45) is 7.49. The van der Waals surface area contributed by atoms with Gasteiger partial charge in [0.15, 0.2) is 0 Å². The van der Waals surface area contributed by atoms with E-state index in [0.29, 0.717) is 0 Å². The molecule has 1 aliphatic rings. The van der Waals surface area contributed by atoms with E-state index in [-0.39, 0.29) is 11.9 Å². The minimum atomic E-state index is -0.689. The van der Waals surface area contributed by atoms with Crippen molar-refractivity contribution in [3.63, 3.8) is 0 Å². The van der Waals surface area contributed by atoms with Gasteiger partial charge in [-0.15, -0.1) is 11.6 Å². The third kappa shape index (κ3) is 3.18. The second-order valence-corrected chi connectivity index (χ2v) is 6.06. The van der Waals surface area contributed by atoms with E-state index in [1.807, 2.05) is 30.3 Å². The Balaban J connectivity index is 1.79. The van der Waals surface area contributed by atoms with Crippen molar-refractivity contribution in [2.75, 3.05) is 0 Å². The molecule has 1 aromatic carbocycles. The van der Waals surface area contributed by atoms with E-state index in [0.717, 1.165) is 29.3 Å². The van der Waals surface area contributed by atoms with E-state index in [4.69, 9.17) is 11.6 Å². The van der Waals surface area contributed by atoms with Gasteiger partial charge in [-0.3, -0.25) is 9.78 Å². The molecule has 3 nitrogen and oxygen atoms in total. The van der Waals surface area contributed by atoms with E-state index >= 15 is 0 Å². The fourth-order valence-corrected chi connectivity index (χ4v) is 3.23. The Bertz CT molecular complexity index is 632. The molecule has 4 heteroatoms. The molecule has 0 saturated heterocycles. The normalized spacial score (nSPS) is 17.6. The number of pyridine rings is 1. The van der Waals surface area contributed by atoms with E-state index in [2.05, 4.69) is 10.3 Å². The van der Waals surface area contributed by atoms with Gasteiger partial charge in [0.1, 0.15) is 5.38 Å². The van der Waals surface area contributed by atoms with Crippen molar-refractivity contribution in [2.45, 2.75) is 43.5 Å². The number of carbonyl (C=O) groups excluding carboxylic acids is 1. The molecule has 0 radical (unpaired) electrons. The number of rotatable bonds is 3. The first-order valence-corrected chi connectivity index (χ1v) is 7.97. The Morgan fingerprint density at radius 2 is 1.95 bits per heavy atom. The first kappa shape index (κ1) is 14.3. The highest BCUT2D eigenvalue weighted by Crippen LogP contribution is 2.28. The lowest BCUT2D eigenvalue weighted by molar-refractivity contribution is -0.121. The molecule has 3 rings (SSSR count). The van der Waals surface area contributed by atoms with Crippen LogP contribution in [0.1, 0.15) is 43.0 Å². The summed E-state index contributed by atoms with van der Waals surface area (Å²) >= 11 is 6.40. The third-order valence-corrected chi connectivity index (χ3v) is 4.55. The second kappa shape index (κ2) is 6.44.